The normalized spacial score (nSPS) is 41.2. The summed E-state index contributed by atoms with van der Waals surface area (Å²) in [6, 6.07) is 1.52. The van der Waals surface area contributed by atoms with Crippen LogP contribution in [0.4, 0.5) is 0 Å². The van der Waals surface area contributed by atoms with Gasteiger partial charge in [-0.2, -0.15) is 5.10 Å². The van der Waals surface area contributed by atoms with Crippen LogP contribution in [0.3, 0.4) is 0 Å². The molecule has 6 atom stereocenters. The lowest BCUT2D eigenvalue weighted by Gasteiger charge is -2.35. The van der Waals surface area contributed by atoms with Crippen LogP contribution in [0, 0.1) is 29.6 Å². The fourth-order valence-corrected chi connectivity index (χ4v) is 7.11. The molecule has 3 nitrogen and oxygen atoms in total. The van der Waals surface area contributed by atoms with Crippen LogP contribution in [0.1, 0.15) is 84.0 Å². The molecule has 4 rings (SSSR count). The number of hydrogen-bond donors (Lipinski definition) is 1. The van der Waals surface area contributed by atoms with Crippen LogP contribution in [0.25, 0.3) is 0 Å². The Balaban J connectivity index is 1.37. The predicted octanol–water partition coefficient (Wildman–Crippen LogP) is 5.07. The van der Waals surface area contributed by atoms with Crippen molar-refractivity contribution >= 4 is 6.21 Å². The molecule has 0 bridgehead atoms. The number of nitrogens with zero attached hydrogens (tertiary/aromatic N) is 2. The molecule has 0 heterocycles. The summed E-state index contributed by atoms with van der Waals surface area (Å²) in [6.45, 7) is 3.44. The highest BCUT2D eigenvalue weighted by atomic mass is 15.4. The van der Waals surface area contributed by atoms with Crippen LogP contribution in [0.2, 0.25) is 0 Å². The highest BCUT2D eigenvalue weighted by Crippen LogP contribution is 2.55. The van der Waals surface area contributed by atoms with E-state index in [4.69, 9.17) is 5.10 Å². The molecule has 1 N–H and O–H groups in total. The second-order valence-electron chi connectivity index (χ2n) is 9.73. The third kappa shape index (κ3) is 3.84. The Bertz CT molecular complexity index is 470. The van der Waals surface area contributed by atoms with Crippen LogP contribution in [-0.2, 0) is 0 Å². The molecule has 4 aliphatic rings. The first-order valence-corrected chi connectivity index (χ1v) is 11.8. The zero-order valence-electron chi connectivity index (χ0n) is 17.2. The van der Waals surface area contributed by atoms with E-state index in [9.17, 15) is 0 Å². The van der Waals surface area contributed by atoms with Gasteiger partial charge in [0.05, 0.1) is 0 Å². The summed E-state index contributed by atoms with van der Waals surface area (Å²) in [5.74, 6) is 4.62. The summed E-state index contributed by atoms with van der Waals surface area (Å²) in [5.41, 5.74) is 0. The summed E-state index contributed by atoms with van der Waals surface area (Å²) < 4.78 is 0. The highest BCUT2D eigenvalue weighted by Gasteiger charge is 2.51. The summed E-state index contributed by atoms with van der Waals surface area (Å²) in [6.07, 6.45) is 19.4. The van der Waals surface area contributed by atoms with E-state index < -0.39 is 0 Å². The van der Waals surface area contributed by atoms with Crippen LogP contribution >= 0.6 is 0 Å². The van der Waals surface area contributed by atoms with E-state index in [2.05, 4.69) is 30.5 Å². The Morgan fingerprint density at radius 3 is 2.31 bits per heavy atom. The fraction of sp³-hybridized carbons (Fsp3) is 0.957. The number of hydrazone groups is 1. The molecule has 0 aromatic heterocycles. The van der Waals surface area contributed by atoms with Gasteiger partial charge in [-0.05, 0) is 81.1 Å². The van der Waals surface area contributed by atoms with Gasteiger partial charge in [-0.15, -0.1) is 0 Å². The average molecular weight is 360 g/mol. The number of fused-ring (bicyclic) bond motifs is 3. The smallest absolute Gasteiger partial charge is 0.0467 e. The molecule has 6 unspecified atom stereocenters. The van der Waals surface area contributed by atoms with Gasteiger partial charge < -0.3 is 5.32 Å². The summed E-state index contributed by atoms with van der Waals surface area (Å²) in [4.78, 5) is 0. The molecule has 0 aliphatic heterocycles. The van der Waals surface area contributed by atoms with E-state index >= 15 is 0 Å². The van der Waals surface area contributed by atoms with Crippen molar-refractivity contribution in [3.63, 3.8) is 0 Å². The van der Waals surface area contributed by atoms with Gasteiger partial charge in [-0.25, -0.2) is 0 Å². The quantitative estimate of drug-likeness (QED) is 0.548. The zero-order valence-corrected chi connectivity index (χ0v) is 17.2. The molecule has 4 saturated carbocycles. The molecule has 4 aliphatic carbocycles. The molecule has 148 valence electrons. The average Bonchev–Trinajstić information content (AvgIpc) is 3.01. The maximum absolute atomic E-state index is 4.94. The van der Waals surface area contributed by atoms with Crippen LogP contribution in [-0.4, -0.2) is 36.9 Å². The Morgan fingerprint density at radius 2 is 1.54 bits per heavy atom. The second-order valence-corrected chi connectivity index (χ2v) is 9.73. The van der Waals surface area contributed by atoms with Crippen molar-refractivity contribution in [2.45, 2.75) is 96.1 Å². The van der Waals surface area contributed by atoms with Crippen LogP contribution < -0.4 is 5.32 Å². The molecule has 4 fully saturated rings. The van der Waals surface area contributed by atoms with E-state index in [1.807, 2.05) is 0 Å². The Labute approximate surface area is 161 Å². The van der Waals surface area contributed by atoms with E-state index in [1.54, 1.807) is 0 Å². The minimum Gasteiger partial charge on any atom is -0.314 e. The monoisotopic (exact) mass is 359 g/mol. The second kappa shape index (κ2) is 8.63. The molecule has 0 radical (unpaired) electrons. The highest BCUT2D eigenvalue weighted by molar-refractivity contribution is 5.60. The van der Waals surface area contributed by atoms with Crippen molar-refractivity contribution in [2.24, 2.45) is 34.7 Å². The van der Waals surface area contributed by atoms with Gasteiger partial charge in [0.15, 0.2) is 0 Å². The lowest BCUT2D eigenvalue weighted by atomic mass is 9.70. The predicted molar refractivity (Wildman–Crippen MR) is 110 cm³/mol. The van der Waals surface area contributed by atoms with Gasteiger partial charge in [-0.3, -0.25) is 5.01 Å². The molecule has 0 saturated heterocycles. The molecule has 0 aromatic carbocycles. The van der Waals surface area contributed by atoms with E-state index in [1.165, 1.54) is 77.0 Å². The molecule has 0 amide bonds. The molecule has 3 heteroatoms. The largest absolute Gasteiger partial charge is 0.314 e. The van der Waals surface area contributed by atoms with E-state index in [0.717, 1.165) is 42.2 Å². The molecule has 26 heavy (non-hydrogen) atoms. The Hall–Kier alpha value is -0.570. The maximum Gasteiger partial charge on any atom is 0.0467 e. The van der Waals surface area contributed by atoms with Gasteiger partial charge in [0, 0.05) is 25.3 Å². The zero-order chi connectivity index (χ0) is 17.9. The van der Waals surface area contributed by atoms with Gasteiger partial charge in [0.2, 0.25) is 0 Å². The lowest BCUT2D eigenvalue weighted by Crippen LogP contribution is -2.40. The summed E-state index contributed by atoms with van der Waals surface area (Å²) in [7, 11) is 2.21. The summed E-state index contributed by atoms with van der Waals surface area (Å²) in [5, 5.41) is 11.1. The van der Waals surface area contributed by atoms with Crippen molar-refractivity contribution < 1.29 is 0 Å². The number of hydrogen-bond acceptors (Lipinski definition) is 3. The van der Waals surface area contributed by atoms with Gasteiger partial charge in [0.1, 0.15) is 0 Å². The third-order valence-electron chi connectivity index (χ3n) is 8.35. The van der Waals surface area contributed by atoms with Crippen LogP contribution in [0.5, 0.6) is 0 Å². The Kier molecular flexibility index (Phi) is 6.23. The SMILES string of the molecule is CCNC1C2CCCCC2C2CC(C=NN(C)C3CCCCC3)CCC21. The van der Waals surface area contributed by atoms with Gasteiger partial charge in [0.25, 0.3) is 0 Å². The summed E-state index contributed by atoms with van der Waals surface area (Å²) >= 11 is 0. The van der Waals surface area contributed by atoms with Crippen molar-refractivity contribution in [2.75, 3.05) is 13.6 Å². The third-order valence-corrected chi connectivity index (χ3v) is 8.35. The first-order chi connectivity index (χ1) is 12.8. The standard InChI is InChI=1S/C23H41N3/c1-3-24-23-20-12-8-7-11-19(20)22-15-17(13-14-21(22)23)16-25-26(2)18-9-5-4-6-10-18/h16-24H,3-15H2,1-2H3. The van der Waals surface area contributed by atoms with E-state index in [-0.39, 0.29) is 0 Å². The molecule has 0 spiro atoms. The van der Waals surface area contributed by atoms with Crippen molar-refractivity contribution in [3.8, 4) is 0 Å². The first-order valence-electron chi connectivity index (χ1n) is 11.8. The minimum absolute atomic E-state index is 0.698. The minimum atomic E-state index is 0.698. The van der Waals surface area contributed by atoms with Crippen molar-refractivity contribution in [1.29, 1.82) is 0 Å². The first kappa shape index (κ1) is 18.8. The number of rotatable bonds is 5. The van der Waals surface area contributed by atoms with Crippen LogP contribution in [0.15, 0.2) is 5.10 Å². The maximum atomic E-state index is 4.94. The van der Waals surface area contributed by atoms with Crippen molar-refractivity contribution in [3.05, 3.63) is 0 Å². The topological polar surface area (TPSA) is 27.6 Å². The molecular formula is C23H41N3. The molecular weight excluding hydrogens is 318 g/mol. The molecule has 0 aromatic rings. The van der Waals surface area contributed by atoms with Crippen molar-refractivity contribution in [1.82, 2.24) is 10.3 Å². The van der Waals surface area contributed by atoms with E-state index in [0.29, 0.717) is 6.04 Å². The van der Waals surface area contributed by atoms with Gasteiger partial charge in [-0.1, -0.05) is 39.0 Å². The lowest BCUT2D eigenvalue weighted by molar-refractivity contribution is 0.166. The Morgan fingerprint density at radius 1 is 0.846 bits per heavy atom. The fourth-order valence-electron chi connectivity index (χ4n) is 7.11. The van der Waals surface area contributed by atoms with Gasteiger partial charge >= 0.3 is 0 Å². The number of nitrogens with one attached hydrogen (secondary N) is 1.